The third-order valence-electron chi connectivity index (χ3n) is 4.19. The van der Waals surface area contributed by atoms with Crippen molar-refractivity contribution in [1.29, 1.82) is 0 Å². The van der Waals surface area contributed by atoms with Crippen LogP contribution in [-0.4, -0.2) is 48.9 Å². The Bertz CT molecular complexity index is 1060. The minimum absolute atomic E-state index is 0.0351. The molecule has 3 aromatic heterocycles. The largest absolute Gasteiger partial charge is 0.375 e. The van der Waals surface area contributed by atoms with Crippen LogP contribution in [0.15, 0.2) is 41.8 Å². The van der Waals surface area contributed by atoms with Gasteiger partial charge < -0.3 is 15.6 Å². The van der Waals surface area contributed by atoms with Crippen LogP contribution < -0.4 is 10.8 Å². The van der Waals surface area contributed by atoms with Crippen molar-refractivity contribution in [2.45, 2.75) is 17.9 Å². The van der Waals surface area contributed by atoms with Crippen molar-refractivity contribution in [3.05, 3.63) is 46.7 Å². The number of nitrogens with one attached hydrogen (secondary N) is 2. The number of hydroxylamine groups is 1. The summed E-state index contributed by atoms with van der Waals surface area (Å²) in [6, 6.07) is 11.8. The molecule has 1 amide bonds. The van der Waals surface area contributed by atoms with Crippen molar-refractivity contribution in [1.82, 2.24) is 10.8 Å². The van der Waals surface area contributed by atoms with E-state index in [0.717, 1.165) is 16.0 Å². The smallest absolute Gasteiger partial charge is 0.261 e. The van der Waals surface area contributed by atoms with Gasteiger partial charge in [0.05, 0.1) is 4.88 Å². The zero-order valence-corrected chi connectivity index (χ0v) is 18.6. The quantitative estimate of drug-likeness (QED) is 0.281. The van der Waals surface area contributed by atoms with Gasteiger partial charge in [-0.25, -0.2) is 8.42 Å². The zero-order chi connectivity index (χ0) is 21.0. The van der Waals surface area contributed by atoms with E-state index in [9.17, 15) is 18.3 Å². The maximum absolute atomic E-state index is 12.4. The van der Waals surface area contributed by atoms with E-state index in [-0.39, 0.29) is 18.9 Å². The minimum Gasteiger partial charge on any atom is -0.375 e. The molecule has 0 aliphatic rings. The highest BCUT2D eigenvalue weighted by Crippen LogP contribution is 2.39. The highest BCUT2D eigenvalue weighted by Gasteiger charge is 2.28. The lowest BCUT2D eigenvalue weighted by atomic mass is 10.2. The first-order valence-corrected chi connectivity index (χ1v) is 13.0. The fourth-order valence-corrected chi connectivity index (χ4v) is 6.65. The number of aliphatic hydroxyl groups excluding tert-OH is 1. The van der Waals surface area contributed by atoms with Gasteiger partial charge in [0.2, 0.25) is 0 Å². The first-order chi connectivity index (χ1) is 13.8. The second-order valence-electron chi connectivity index (χ2n) is 6.29. The number of thiophene rings is 3. The molecule has 156 valence electrons. The van der Waals surface area contributed by atoms with Gasteiger partial charge in [-0.15, -0.1) is 34.0 Å². The Labute approximate surface area is 180 Å². The molecular weight excluding hydrogens is 452 g/mol. The molecule has 0 bridgehead atoms. The highest BCUT2D eigenvalue weighted by molar-refractivity contribution is 7.91. The summed E-state index contributed by atoms with van der Waals surface area (Å²) < 4.78 is 23.4. The van der Waals surface area contributed by atoms with Crippen molar-refractivity contribution < 1.29 is 23.5 Å². The number of hydrogen-bond acceptors (Lipinski definition) is 9. The molecule has 0 saturated heterocycles. The molecule has 11 heteroatoms. The average molecular weight is 473 g/mol. The highest BCUT2D eigenvalue weighted by atomic mass is 32.2. The van der Waals surface area contributed by atoms with Gasteiger partial charge in [-0.2, -0.15) is 5.48 Å². The van der Waals surface area contributed by atoms with Gasteiger partial charge in [0.15, 0.2) is 9.84 Å². The SMILES string of the molecule is CS(=O)(=O)C(CCNC(=O)c1ccc(-c2ccc(-c3cccs3)s2)s1)C(O)NO. The Morgan fingerprint density at radius 1 is 1.07 bits per heavy atom. The monoisotopic (exact) mass is 472 g/mol. The summed E-state index contributed by atoms with van der Waals surface area (Å²) in [5.74, 6) is -0.310. The molecule has 0 aliphatic carbocycles. The molecule has 2 unspecified atom stereocenters. The zero-order valence-electron chi connectivity index (χ0n) is 15.4. The first kappa shape index (κ1) is 22.1. The van der Waals surface area contributed by atoms with Crippen LogP contribution in [0.25, 0.3) is 19.5 Å². The van der Waals surface area contributed by atoms with Gasteiger partial charge >= 0.3 is 0 Å². The number of rotatable bonds is 9. The van der Waals surface area contributed by atoms with Crippen molar-refractivity contribution in [2.24, 2.45) is 0 Å². The number of carbonyl (C=O) groups excluding carboxylic acids is 1. The lowest BCUT2D eigenvalue weighted by Gasteiger charge is -2.19. The van der Waals surface area contributed by atoms with Gasteiger partial charge in [-0.1, -0.05) is 6.07 Å². The maximum Gasteiger partial charge on any atom is 0.261 e. The minimum atomic E-state index is -3.61. The summed E-state index contributed by atoms with van der Waals surface area (Å²) in [7, 11) is -3.61. The van der Waals surface area contributed by atoms with E-state index in [1.54, 1.807) is 34.2 Å². The van der Waals surface area contributed by atoms with Crippen LogP contribution in [0.1, 0.15) is 16.1 Å². The Hall–Kier alpha value is -1.60. The molecule has 3 heterocycles. The van der Waals surface area contributed by atoms with Gasteiger partial charge in [0, 0.05) is 32.3 Å². The first-order valence-electron chi connectivity index (χ1n) is 8.58. The third-order valence-corrected chi connectivity index (χ3v) is 9.22. The third kappa shape index (κ3) is 5.51. The number of amides is 1. The summed E-state index contributed by atoms with van der Waals surface area (Å²) >= 11 is 4.70. The Morgan fingerprint density at radius 2 is 1.72 bits per heavy atom. The molecule has 2 atom stereocenters. The molecule has 0 spiro atoms. The van der Waals surface area contributed by atoms with E-state index in [2.05, 4.69) is 17.4 Å². The second-order valence-corrected chi connectivity index (χ2v) is 11.7. The molecule has 29 heavy (non-hydrogen) atoms. The fraction of sp³-hybridized carbons (Fsp3) is 0.278. The number of aliphatic hydroxyl groups is 1. The van der Waals surface area contributed by atoms with Crippen LogP contribution in [0, 0.1) is 0 Å². The van der Waals surface area contributed by atoms with Gasteiger partial charge in [0.25, 0.3) is 5.91 Å². The predicted molar refractivity (Wildman–Crippen MR) is 117 cm³/mol. The number of hydrogen-bond donors (Lipinski definition) is 4. The molecular formula is C18H20N2O5S4. The number of sulfone groups is 1. The van der Waals surface area contributed by atoms with Gasteiger partial charge in [0.1, 0.15) is 11.5 Å². The second kappa shape index (κ2) is 9.47. The molecule has 0 aromatic carbocycles. The summed E-state index contributed by atoms with van der Waals surface area (Å²) in [5.41, 5.74) is 1.54. The molecule has 3 aromatic rings. The molecule has 7 nitrogen and oxygen atoms in total. The Morgan fingerprint density at radius 3 is 2.34 bits per heavy atom. The normalized spacial score (nSPS) is 13.9. The summed E-state index contributed by atoms with van der Waals surface area (Å²) in [6.07, 6.45) is -0.685. The van der Waals surface area contributed by atoms with Crippen LogP contribution in [0.4, 0.5) is 0 Å². The van der Waals surface area contributed by atoms with E-state index >= 15 is 0 Å². The average Bonchev–Trinajstić information content (AvgIpc) is 3.42. The van der Waals surface area contributed by atoms with Crippen molar-refractivity contribution >= 4 is 49.8 Å². The molecule has 0 saturated carbocycles. The van der Waals surface area contributed by atoms with E-state index < -0.39 is 21.3 Å². The standard InChI is InChI=1S/C18H20N2O5S4/c1-29(24,25)16(18(22)20-23)8-9-19-17(21)15-7-6-14(28-15)13-5-4-12(27-13)11-3-2-10-26-11/h2-7,10,16,18,20,22-23H,8-9H2,1H3,(H,19,21). The van der Waals surface area contributed by atoms with E-state index in [0.29, 0.717) is 4.88 Å². The van der Waals surface area contributed by atoms with E-state index in [1.165, 1.54) is 21.1 Å². The van der Waals surface area contributed by atoms with Crippen LogP contribution >= 0.6 is 34.0 Å². The molecule has 0 radical (unpaired) electrons. The topological polar surface area (TPSA) is 116 Å². The van der Waals surface area contributed by atoms with Crippen LogP contribution in [0.2, 0.25) is 0 Å². The van der Waals surface area contributed by atoms with Crippen LogP contribution in [0.5, 0.6) is 0 Å². The predicted octanol–water partition coefficient (Wildman–Crippen LogP) is 3.04. The summed E-state index contributed by atoms with van der Waals surface area (Å²) in [6.45, 7) is 0.0457. The van der Waals surface area contributed by atoms with Gasteiger partial charge in [-0.05, 0) is 42.1 Å². The van der Waals surface area contributed by atoms with E-state index in [1.807, 2.05) is 23.6 Å². The van der Waals surface area contributed by atoms with Crippen LogP contribution in [0.3, 0.4) is 0 Å². The molecule has 0 fully saturated rings. The van der Waals surface area contributed by atoms with E-state index in [4.69, 9.17) is 5.21 Å². The lowest BCUT2D eigenvalue weighted by molar-refractivity contribution is -0.00112. The Balaban J connectivity index is 1.61. The summed E-state index contributed by atoms with van der Waals surface area (Å²) in [5, 5.41) is 21.8. The van der Waals surface area contributed by atoms with Crippen molar-refractivity contribution in [2.75, 3.05) is 12.8 Å². The molecule has 3 rings (SSSR count). The Kier molecular flexibility index (Phi) is 7.22. The van der Waals surface area contributed by atoms with Crippen molar-refractivity contribution in [3.63, 3.8) is 0 Å². The molecule has 0 aliphatic heterocycles. The fourth-order valence-electron chi connectivity index (χ4n) is 2.72. The summed E-state index contributed by atoms with van der Waals surface area (Å²) in [4.78, 5) is 17.3. The lowest BCUT2D eigenvalue weighted by Crippen LogP contribution is -2.44. The maximum atomic E-state index is 12.4. The van der Waals surface area contributed by atoms with Gasteiger partial charge in [-0.3, -0.25) is 4.79 Å². The van der Waals surface area contributed by atoms with Crippen LogP contribution in [-0.2, 0) is 9.84 Å². The number of carbonyl (C=O) groups is 1. The molecule has 4 N–H and O–H groups in total. The van der Waals surface area contributed by atoms with Crippen molar-refractivity contribution in [3.8, 4) is 19.5 Å².